The van der Waals surface area contributed by atoms with Crippen molar-refractivity contribution < 1.29 is 5.11 Å². The molecule has 0 aliphatic heterocycles. The van der Waals surface area contributed by atoms with Gasteiger partial charge < -0.3 is 5.11 Å². The number of nitrogens with zero attached hydrogens (tertiary/aromatic N) is 2. The van der Waals surface area contributed by atoms with Gasteiger partial charge in [-0.05, 0) is 34.1 Å². The van der Waals surface area contributed by atoms with Crippen molar-refractivity contribution in [2.24, 2.45) is 0 Å². The molecule has 2 heterocycles. The van der Waals surface area contributed by atoms with Crippen LogP contribution < -0.4 is 0 Å². The average molecular weight is 227 g/mol. The Morgan fingerprint density at radius 3 is 3.17 bits per heavy atom. The van der Waals surface area contributed by atoms with Crippen LogP contribution in [0.4, 0.5) is 0 Å². The number of aliphatic hydroxyl groups is 1. The van der Waals surface area contributed by atoms with E-state index in [1.807, 2.05) is 18.2 Å². The predicted molar refractivity (Wildman–Crippen MR) is 48.8 cm³/mol. The van der Waals surface area contributed by atoms with E-state index in [1.165, 1.54) is 0 Å². The molecule has 4 heteroatoms. The van der Waals surface area contributed by atoms with E-state index in [0.717, 1.165) is 15.7 Å². The summed E-state index contributed by atoms with van der Waals surface area (Å²) in [6, 6.07) is 5.67. The second-order valence-electron chi connectivity index (χ2n) is 2.46. The predicted octanol–water partition coefficient (Wildman–Crippen LogP) is 1.59. The molecule has 0 saturated carbocycles. The van der Waals surface area contributed by atoms with Crippen LogP contribution >= 0.6 is 15.9 Å². The highest BCUT2D eigenvalue weighted by Gasteiger charge is 2.04. The highest BCUT2D eigenvalue weighted by molar-refractivity contribution is 9.10. The van der Waals surface area contributed by atoms with Crippen molar-refractivity contribution in [3.05, 3.63) is 34.6 Å². The number of aromatic nitrogens is 2. The molecule has 0 aliphatic carbocycles. The number of hydrogen-bond acceptors (Lipinski definition) is 2. The van der Waals surface area contributed by atoms with Crippen molar-refractivity contribution in [1.29, 1.82) is 0 Å². The van der Waals surface area contributed by atoms with Gasteiger partial charge in [0.2, 0.25) is 0 Å². The van der Waals surface area contributed by atoms with Crippen LogP contribution in [0.15, 0.2) is 28.9 Å². The minimum atomic E-state index is 0.00375. The Kier molecular flexibility index (Phi) is 1.86. The van der Waals surface area contributed by atoms with Crippen molar-refractivity contribution in [2.75, 3.05) is 0 Å². The molecule has 0 bridgehead atoms. The summed E-state index contributed by atoms with van der Waals surface area (Å²) in [4.78, 5) is 0. The SMILES string of the molecule is OCc1cc(Br)c2cccnn12. The maximum absolute atomic E-state index is 8.97. The van der Waals surface area contributed by atoms with Crippen molar-refractivity contribution in [1.82, 2.24) is 9.61 Å². The third-order valence-corrected chi connectivity index (χ3v) is 2.36. The van der Waals surface area contributed by atoms with Gasteiger partial charge in [-0.1, -0.05) is 0 Å². The van der Waals surface area contributed by atoms with Gasteiger partial charge in [0.25, 0.3) is 0 Å². The first-order valence-corrected chi connectivity index (χ1v) is 4.34. The number of fused-ring (bicyclic) bond motifs is 1. The second-order valence-corrected chi connectivity index (χ2v) is 3.32. The Labute approximate surface area is 77.8 Å². The Bertz CT molecular complexity index is 410. The van der Waals surface area contributed by atoms with Gasteiger partial charge in [-0.15, -0.1) is 0 Å². The van der Waals surface area contributed by atoms with E-state index in [1.54, 1.807) is 10.7 Å². The third kappa shape index (κ3) is 1.04. The lowest BCUT2D eigenvalue weighted by Gasteiger charge is -1.95. The van der Waals surface area contributed by atoms with Crippen LogP contribution in [0.2, 0.25) is 0 Å². The van der Waals surface area contributed by atoms with Crippen LogP contribution in [-0.2, 0) is 6.61 Å². The molecule has 0 saturated heterocycles. The van der Waals surface area contributed by atoms with Crippen molar-refractivity contribution in [3.8, 4) is 0 Å². The monoisotopic (exact) mass is 226 g/mol. The maximum Gasteiger partial charge on any atom is 0.0854 e. The topological polar surface area (TPSA) is 37.5 Å². The molecular formula is C8H7BrN2O. The highest BCUT2D eigenvalue weighted by Crippen LogP contribution is 2.20. The molecule has 0 aromatic carbocycles. The highest BCUT2D eigenvalue weighted by atomic mass is 79.9. The molecule has 0 spiro atoms. The van der Waals surface area contributed by atoms with Crippen LogP contribution in [0.3, 0.4) is 0 Å². The summed E-state index contributed by atoms with van der Waals surface area (Å²) in [6.45, 7) is 0.00375. The standard InChI is InChI=1S/C8H7BrN2O/c9-7-4-6(5-12)11-8(7)2-1-3-10-11/h1-4,12H,5H2. The average Bonchev–Trinajstić information content (AvgIpc) is 2.44. The lowest BCUT2D eigenvalue weighted by atomic mass is 10.4. The van der Waals surface area contributed by atoms with Crippen molar-refractivity contribution in [3.63, 3.8) is 0 Å². The smallest absolute Gasteiger partial charge is 0.0854 e. The number of hydrogen-bond donors (Lipinski definition) is 1. The fraction of sp³-hybridized carbons (Fsp3) is 0.125. The van der Waals surface area contributed by atoms with E-state index in [9.17, 15) is 0 Å². The zero-order valence-electron chi connectivity index (χ0n) is 6.24. The van der Waals surface area contributed by atoms with Gasteiger partial charge >= 0.3 is 0 Å². The summed E-state index contributed by atoms with van der Waals surface area (Å²) in [5, 5.41) is 13.1. The summed E-state index contributed by atoms with van der Waals surface area (Å²) >= 11 is 3.39. The maximum atomic E-state index is 8.97. The Balaban J connectivity index is 2.82. The molecule has 2 rings (SSSR count). The summed E-state index contributed by atoms with van der Waals surface area (Å²) in [7, 11) is 0. The molecule has 0 amide bonds. The lowest BCUT2D eigenvalue weighted by Crippen LogP contribution is -1.95. The van der Waals surface area contributed by atoms with Crippen LogP contribution in [0.5, 0.6) is 0 Å². The molecule has 0 aliphatic rings. The van der Waals surface area contributed by atoms with Gasteiger partial charge in [-0.2, -0.15) is 5.10 Å². The second kappa shape index (κ2) is 2.88. The quantitative estimate of drug-likeness (QED) is 0.803. The normalized spacial score (nSPS) is 10.8. The minimum absolute atomic E-state index is 0.00375. The van der Waals surface area contributed by atoms with Crippen molar-refractivity contribution >= 4 is 21.4 Å². The van der Waals surface area contributed by atoms with E-state index in [-0.39, 0.29) is 6.61 Å². The van der Waals surface area contributed by atoms with Gasteiger partial charge in [-0.3, -0.25) is 0 Å². The van der Waals surface area contributed by atoms with Gasteiger partial charge in [0.1, 0.15) is 0 Å². The van der Waals surface area contributed by atoms with Gasteiger partial charge in [-0.25, -0.2) is 4.52 Å². The molecule has 1 N–H and O–H groups in total. The zero-order valence-corrected chi connectivity index (χ0v) is 7.82. The molecule has 12 heavy (non-hydrogen) atoms. The van der Waals surface area contributed by atoms with E-state index in [0.29, 0.717) is 0 Å². The van der Waals surface area contributed by atoms with E-state index in [4.69, 9.17) is 5.11 Å². The van der Waals surface area contributed by atoms with E-state index in [2.05, 4.69) is 21.0 Å². The lowest BCUT2D eigenvalue weighted by molar-refractivity contribution is 0.274. The van der Waals surface area contributed by atoms with Gasteiger partial charge in [0, 0.05) is 10.7 Å². The molecule has 3 nitrogen and oxygen atoms in total. The Morgan fingerprint density at radius 2 is 2.42 bits per heavy atom. The first kappa shape index (κ1) is 7.76. The summed E-state index contributed by atoms with van der Waals surface area (Å²) < 4.78 is 2.67. The minimum Gasteiger partial charge on any atom is -0.390 e. The van der Waals surface area contributed by atoms with Crippen LogP contribution in [0.1, 0.15) is 5.69 Å². The molecule has 0 fully saturated rings. The van der Waals surface area contributed by atoms with E-state index < -0.39 is 0 Å². The Hall–Kier alpha value is -0.870. The summed E-state index contributed by atoms with van der Waals surface area (Å²) in [5.74, 6) is 0. The molecule has 0 unspecified atom stereocenters. The Morgan fingerprint density at radius 1 is 1.58 bits per heavy atom. The van der Waals surface area contributed by atoms with Crippen molar-refractivity contribution in [2.45, 2.75) is 6.61 Å². The van der Waals surface area contributed by atoms with Crippen LogP contribution in [-0.4, -0.2) is 14.7 Å². The molecule has 2 aromatic rings. The molecule has 62 valence electrons. The van der Waals surface area contributed by atoms with E-state index >= 15 is 0 Å². The fourth-order valence-electron chi connectivity index (χ4n) is 1.18. The van der Waals surface area contributed by atoms with Crippen LogP contribution in [0, 0.1) is 0 Å². The molecular weight excluding hydrogens is 220 g/mol. The zero-order chi connectivity index (χ0) is 8.55. The first-order valence-electron chi connectivity index (χ1n) is 3.55. The van der Waals surface area contributed by atoms with Gasteiger partial charge in [0.05, 0.1) is 17.8 Å². The largest absolute Gasteiger partial charge is 0.390 e. The number of halogens is 1. The summed E-state index contributed by atoms with van der Waals surface area (Å²) in [6.07, 6.45) is 1.69. The molecule has 0 atom stereocenters. The van der Waals surface area contributed by atoms with Gasteiger partial charge in [0.15, 0.2) is 0 Å². The molecule has 0 radical (unpaired) electrons. The summed E-state index contributed by atoms with van der Waals surface area (Å²) in [5.41, 5.74) is 1.76. The number of rotatable bonds is 1. The van der Waals surface area contributed by atoms with Crippen LogP contribution in [0.25, 0.3) is 5.52 Å². The third-order valence-electron chi connectivity index (χ3n) is 1.72. The molecule has 2 aromatic heterocycles. The fourth-order valence-corrected chi connectivity index (χ4v) is 1.74. The number of aliphatic hydroxyl groups excluding tert-OH is 1. The first-order chi connectivity index (χ1) is 5.83.